The van der Waals surface area contributed by atoms with Crippen molar-refractivity contribution in [2.24, 2.45) is 5.73 Å². The van der Waals surface area contributed by atoms with Gasteiger partial charge in [-0.05, 0) is 18.6 Å². The highest BCUT2D eigenvalue weighted by atomic mass is 32.2. The zero-order chi connectivity index (χ0) is 13.1. The van der Waals surface area contributed by atoms with Gasteiger partial charge < -0.3 is 16.2 Å². The number of thioether (sulfide) groups is 1. The van der Waals surface area contributed by atoms with Gasteiger partial charge in [0.15, 0.2) is 0 Å². The minimum absolute atomic E-state index is 0.0106. The zero-order valence-corrected chi connectivity index (χ0v) is 11.1. The van der Waals surface area contributed by atoms with Crippen LogP contribution in [0.2, 0.25) is 0 Å². The molecule has 3 atom stereocenters. The number of hydrogen-bond acceptors (Lipinski definition) is 4. The Morgan fingerprint density at radius 1 is 1.61 bits per heavy atom. The predicted octanol–water partition coefficient (Wildman–Crippen LogP) is 0.700. The van der Waals surface area contributed by atoms with Crippen molar-refractivity contribution in [2.45, 2.75) is 29.9 Å². The summed E-state index contributed by atoms with van der Waals surface area (Å²) in [5.74, 6) is 0.658. The number of amides is 1. The number of nitrogens with one attached hydrogen (secondary N) is 1. The van der Waals surface area contributed by atoms with E-state index in [1.165, 1.54) is 4.90 Å². The Bertz CT molecular complexity index is 437. The highest BCUT2D eigenvalue weighted by Gasteiger charge is 2.29. The van der Waals surface area contributed by atoms with Crippen LogP contribution in [0.15, 0.2) is 29.2 Å². The van der Waals surface area contributed by atoms with E-state index in [0.717, 1.165) is 11.3 Å². The molecule has 0 saturated heterocycles. The van der Waals surface area contributed by atoms with Crippen LogP contribution in [-0.2, 0) is 4.79 Å². The topological polar surface area (TPSA) is 75.3 Å². The number of rotatable bonds is 4. The normalized spacial score (nSPS) is 21.2. The number of carbonyl (C=O) groups is 1. The molecule has 4 nitrogen and oxygen atoms in total. The largest absolute Gasteiger partial charge is 0.392 e. The van der Waals surface area contributed by atoms with E-state index in [4.69, 9.17) is 5.73 Å². The van der Waals surface area contributed by atoms with Crippen LogP contribution in [0.5, 0.6) is 0 Å². The molecule has 1 amide bonds. The SMILES string of the molecule is CC(O)C(N)CNC(=O)C1CSc2ccccc21. The molecule has 1 aliphatic rings. The van der Waals surface area contributed by atoms with Gasteiger partial charge in [-0.25, -0.2) is 0 Å². The summed E-state index contributed by atoms with van der Waals surface area (Å²) in [5.41, 5.74) is 6.78. The molecule has 98 valence electrons. The number of aliphatic hydroxyl groups is 1. The Hall–Kier alpha value is -1.04. The van der Waals surface area contributed by atoms with Crippen molar-refractivity contribution in [1.29, 1.82) is 0 Å². The van der Waals surface area contributed by atoms with Gasteiger partial charge in [-0.3, -0.25) is 4.79 Å². The Morgan fingerprint density at radius 2 is 2.33 bits per heavy atom. The monoisotopic (exact) mass is 266 g/mol. The molecule has 1 aliphatic heterocycles. The molecule has 1 aromatic carbocycles. The second kappa shape index (κ2) is 5.73. The van der Waals surface area contributed by atoms with E-state index in [-0.39, 0.29) is 11.8 Å². The van der Waals surface area contributed by atoms with Crippen LogP contribution in [0, 0.1) is 0 Å². The van der Waals surface area contributed by atoms with Crippen molar-refractivity contribution in [2.75, 3.05) is 12.3 Å². The number of aliphatic hydroxyl groups excluding tert-OH is 1. The van der Waals surface area contributed by atoms with Gasteiger partial charge in [-0.2, -0.15) is 0 Å². The zero-order valence-electron chi connectivity index (χ0n) is 10.3. The summed E-state index contributed by atoms with van der Waals surface area (Å²) >= 11 is 1.70. The number of benzene rings is 1. The van der Waals surface area contributed by atoms with Crippen LogP contribution >= 0.6 is 11.8 Å². The third-order valence-electron chi connectivity index (χ3n) is 3.15. The minimum Gasteiger partial charge on any atom is -0.392 e. The maximum Gasteiger partial charge on any atom is 0.228 e. The number of fused-ring (bicyclic) bond motifs is 1. The van der Waals surface area contributed by atoms with E-state index in [1.807, 2.05) is 24.3 Å². The highest BCUT2D eigenvalue weighted by molar-refractivity contribution is 7.99. The Morgan fingerprint density at radius 3 is 3.06 bits per heavy atom. The van der Waals surface area contributed by atoms with Crippen molar-refractivity contribution >= 4 is 17.7 Å². The molecule has 0 fully saturated rings. The first kappa shape index (κ1) is 13.4. The lowest BCUT2D eigenvalue weighted by Gasteiger charge is -2.17. The minimum atomic E-state index is -0.615. The molecule has 1 aromatic rings. The van der Waals surface area contributed by atoms with E-state index in [2.05, 4.69) is 5.32 Å². The Balaban J connectivity index is 1.95. The fourth-order valence-electron chi connectivity index (χ4n) is 1.89. The van der Waals surface area contributed by atoms with Gasteiger partial charge in [-0.1, -0.05) is 18.2 Å². The molecular weight excluding hydrogens is 248 g/mol. The standard InChI is InChI=1S/C13H18N2O2S/c1-8(16)11(14)6-15-13(17)10-7-18-12-5-3-2-4-9(10)12/h2-5,8,10-11,16H,6-7,14H2,1H3,(H,15,17). The first-order valence-electron chi connectivity index (χ1n) is 6.02. The summed E-state index contributed by atoms with van der Waals surface area (Å²) in [5, 5.41) is 12.1. The van der Waals surface area contributed by atoms with Gasteiger partial charge in [0.2, 0.25) is 5.91 Å². The second-order valence-corrected chi connectivity index (χ2v) is 5.61. The number of carbonyl (C=O) groups excluding carboxylic acids is 1. The van der Waals surface area contributed by atoms with Crippen LogP contribution < -0.4 is 11.1 Å². The molecule has 2 rings (SSSR count). The third-order valence-corrected chi connectivity index (χ3v) is 4.33. The maximum atomic E-state index is 12.1. The van der Waals surface area contributed by atoms with Crippen molar-refractivity contribution < 1.29 is 9.90 Å². The average molecular weight is 266 g/mol. The van der Waals surface area contributed by atoms with Gasteiger partial charge in [-0.15, -0.1) is 11.8 Å². The van der Waals surface area contributed by atoms with Crippen molar-refractivity contribution in [1.82, 2.24) is 5.32 Å². The van der Waals surface area contributed by atoms with Gasteiger partial charge in [0.1, 0.15) is 0 Å². The van der Waals surface area contributed by atoms with E-state index in [0.29, 0.717) is 6.54 Å². The van der Waals surface area contributed by atoms with E-state index in [1.54, 1.807) is 18.7 Å². The number of nitrogens with two attached hydrogens (primary N) is 1. The summed E-state index contributed by atoms with van der Waals surface area (Å²) in [7, 11) is 0. The molecule has 0 aromatic heterocycles. The smallest absolute Gasteiger partial charge is 0.228 e. The van der Waals surface area contributed by atoms with Crippen molar-refractivity contribution in [3.05, 3.63) is 29.8 Å². The van der Waals surface area contributed by atoms with E-state index < -0.39 is 12.1 Å². The summed E-state index contributed by atoms with van der Waals surface area (Å²) in [6.07, 6.45) is -0.615. The van der Waals surface area contributed by atoms with Gasteiger partial charge in [0, 0.05) is 23.2 Å². The Kier molecular flexibility index (Phi) is 4.27. The van der Waals surface area contributed by atoms with Gasteiger partial charge >= 0.3 is 0 Å². The fraction of sp³-hybridized carbons (Fsp3) is 0.462. The molecule has 0 spiro atoms. The molecule has 0 saturated carbocycles. The molecule has 0 aliphatic carbocycles. The predicted molar refractivity (Wildman–Crippen MR) is 72.6 cm³/mol. The lowest BCUT2D eigenvalue weighted by molar-refractivity contribution is -0.122. The first-order chi connectivity index (χ1) is 8.59. The molecule has 5 heteroatoms. The van der Waals surface area contributed by atoms with Crippen molar-refractivity contribution in [3.63, 3.8) is 0 Å². The molecule has 18 heavy (non-hydrogen) atoms. The van der Waals surface area contributed by atoms with Crippen LogP contribution in [-0.4, -0.2) is 35.5 Å². The number of hydrogen-bond donors (Lipinski definition) is 3. The second-order valence-electron chi connectivity index (χ2n) is 4.55. The van der Waals surface area contributed by atoms with Crippen LogP contribution in [0.4, 0.5) is 0 Å². The summed E-state index contributed by atoms with van der Waals surface area (Å²) in [6.45, 7) is 1.93. The molecule has 0 radical (unpaired) electrons. The lowest BCUT2D eigenvalue weighted by atomic mass is 10.0. The molecule has 4 N–H and O–H groups in total. The van der Waals surface area contributed by atoms with E-state index >= 15 is 0 Å². The first-order valence-corrected chi connectivity index (χ1v) is 7.01. The van der Waals surface area contributed by atoms with Crippen LogP contribution in [0.1, 0.15) is 18.4 Å². The lowest BCUT2D eigenvalue weighted by Crippen LogP contribution is -2.44. The fourth-order valence-corrected chi connectivity index (χ4v) is 3.12. The highest BCUT2D eigenvalue weighted by Crippen LogP contribution is 2.39. The quantitative estimate of drug-likeness (QED) is 0.750. The maximum absolute atomic E-state index is 12.1. The molecule has 0 bridgehead atoms. The van der Waals surface area contributed by atoms with Gasteiger partial charge in [0.25, 0.3) is 0 Å². The van der Waals surface area contributed by atoms with Gasteiger partial charge in [0.05, 0.1) is 12.0 Å². The van der Waals surface area contributed by atoms with E-state index in [9.17, 15) is 9.90 Å². The summed E-state index contributed by atoms with van der Waals surface area (Å²) in [6, 6.07) is 7.54. The van der Waals surface area contributed by atoms with Crippen LogP contribution in [0.25, 0.3) is 0 Å². The average Bonchev–Trinajstić information content (AvgIpc) is 2.79. The van der Waals surface area contributed by atoms with Crippen molar-refractivity contribution in [3.8, 4) is 0 Å². The van der Waals surface area contributed by atoms with Crippen LogP contribution in [0.3, 0.4) is 0 Å². The summed E-state index contributed by atoms with van der Waals surface area (Å²) in [4.78, 5) is 13.3. The molecular formula is C13H18N2O2S. The summed E-state index contributed by atoms with van der Waals surface area (Å²) < 4.78 is 0. The molecule has 3 unspecified atom stereocenters. The molecule has 1 heterocycles. The Labute approximate surface area is 111 Å². The third kappa shape index (κ3) is 2.85.